The molecule has 0 atom stereocenters. The van der Waals surface area contributed by atoms with Crippen LogP contribution in [0.2, 0.25) is 0 Å². The Kier molecular flexibility index (Phi) is 6.63. The Labute approximate surface area is 127 Å². The molecule has 0 unspecified atom stereocenters. The van der Waals surface area contributed by atoms with Crippen molar-refractivity contribution in [3.8, 4) is 0 Å². The number of aromatic nitrogens is 1. The number of hydrogen-bond acceptors (Lipinski definition) is 4. The highest BCUT2D eigenvalue weighted by Gasteiger charge is 2.20. The van der Waals surface area contributed by atoms with E-state index >= 15 is 0 Å². The fourth-order valence-corrected chi connectivity index (χ4v) is 2.68. The van der Waals surface area contributed by atoms with Crippen molar-refractivity contribution >= 4 is 5.91 Å². The van der Waals surface area contributed by atoms with Gasteiger partial charge < -0.3 is 10.6 Å². The van der Waals surface area contributed by atoms with Gasteiger partial charge in [-0.1, -0.05) is 6.07 Å². The predicted molar refractivity (Wildman–Crippen MR) is 83.8 cm³/mol. The van der Waals surface area contributed by atoms with E-state index in [4.69, 9.17) is 0 Å². The SMILES string of the molecule is CNCCCC(=O)NC1CCN(Cc2ccccn2)CC1. The molecule has 1 aromatic heterocycles. The summed E-state index contributed by atoms with van der Waals surface area (Å²) in [7, 11) is 1.91. The standard InChI is InChI=1S/C16H26N4O/c1-17-9-4-6-16(21)19-14-7-11-20(12-8-14)13-15-5-2-3-10-18-15/h2-3,5,10,14,17H,4,6-9,11-13H2,1H3,(H,19,21). The van der Waals surface area contributed by atoms with Crippen LogP contribution < -0.4 is 10.6 Å². The molecule has 1 aliphatic rings. The molecule has 1 aliphatic heterocycles. The molecule has 2 N–H and O–H groups in total. The van der Waals surface area contributed by atoms with E-state index in [1.54, 1.807) is 0 Å². The van der Waals surface area contributed by atoms with Crippen LogP contribution in [0.15, 0.2) is 24.4 Å². The number of nitrogens with zero attached hydrogens (tertiary/aromatic N) is 2. The molecule has 1 saturated heterocycles. The minimum Gasteiger partial charge on any atom is -0.353 e. The largest absolute Gasteiger partial charge is 0.353 e. The van der Waals surface area contributed by atoms with Gasteiger partial charge in [-0.15, -0.1) is 0 Å². The topological polar surface area (TPSA) is 57.3 Å². The van der Waals surface area contributed by atoms with Gasteiger partial charge in [0.15, 0.2) is 0 Å². The molecule has 5 heteroatoms. The maximum absolute atomic E-state index is 11.8. The van der Waals surface area contributed by atoms with Gasteiger partial charge in [0.25, 0.3) is 0 Å². The third-order valence-corrected chi connectivity index (χ3v) is 3.90. The predicted octanol–water partition coefficient (Wildman–Crippen LogP) is 1.16. The number of piperidine rings is 1. The van der Waals surface area contributed by atoms with Crippen LogP contribution >= 0.6 is 0 Å². The van der Waals surface area contributed by atoms with E-state index in [1.807, 2.05) is 25.4 Å². The summed E-state index contributed by atoms with van der Waals surface area (Å²) in [5, 5.41) is 6.22. The van der Waals surface area contributed by atoms with Crippen LogP contribution in [0.25, 0.3) is 0 Å². The lowest BCUT2D eigenvalue weighted by atomic mass is 10.0. The van der Waals surface area contributed by atoms with Gasteiger partial charge in [-0.25, -0.2) is 0 Å². The molecule has 0 saturated carbocycles. The highest BCUT2D eigenvalue weighted by atomic mass is 16.1. The number of nitrogens with one attached hydrogen (secondary N) is 2. The fourth-order valence-electron chi connectivity index (χ4n) is 2.68. The van der Waals surface area contributed by atoms with Crippen LogP contribution in [0, 0.1) is 0 Å². The van der Waals surface area contributed by atoms with Crippen LogP contribution in [-0.2, 0) is 11.3 Å². The summed E-state index contributed by atoms with van der Waals surface area (Å²) in [5.41, 5.74) is 1.12. The maximum atomic E-state index is 11.8. The highest BCUT2D eigenvalue weighted by molar-refractivity contribution is 5.76. The Morgan fingerprint density at radius 3 is 2.86 bits per heavy atom. The van der Waals surface area contributed by atoms with E-state index < -0.39 is 0 Å². The Morgan fingerprint density at radius 2 is 2.19 bits per heavy atom. The van der Waals surface area contributed by atoms with E-state index in [0.717, 1.165) is 51.1 Å². The first-order valence-electron chi connectivity index (χ1n) is 7.84. The van der Waals surface area contributed by atoms with Crippen LogP contribution in [0.3, 0.4) is 0 Å². The lowest BCUT2D eigenvalue weighted by molar-refractivity contribution is -0.122. The minimum absolute atomic E-state index is 0.188. The molecule has 1 aromatic rings. The van der Waals surface area contributed by atoms with Crippen LogP contribution in [-0.4, -0.2) is 48.5 Å². The first-order valence-corrected chi connectivity index (χ1v) is 7.84. The average Bonchev–Trinajstić information content (AvgIpc) is 2.51. The number of carbonyl (C=O) groups is 1. The van der Waals surface area contributed by atoms with E-state index in [9.17, 15) is 4.79 Å². The van der Waals surface area contributed by atoms with Crippen LogP contribution in [0.5, 0.6) is 0 Å². The van der Waals surface area contributed by atoms with Crippen molar-refractivity contribution < 1.29 is 4.79 Å². The summed E-state index contributed by atoms with van der Waals surface area (Å²) in [6.45, 7) is 3.86. The first kappa shape index (κ1) is 15.9. The summed E-state index contributed by atoms with van der Waals surface area (Å²) < 4.78 is 0. The molecule has 2 heterocycles. The molecule has 2 rings (SSSR count). The number of pyridine rings is 1. The van der Waals surface area contributed by atoms with Crippen molar-refractivity contribution in [2.75, 3.05) is 26.7 Å². The summed E-state index contributed by atoms with van der Waals surface area (Å²) in [5.74, 6) is 0.188. The summed E-state index contributed by atoms with van der Waals surface area (Å²) >= 11 is 0. The van der Waals surface area contributed by atoms with Crippen LogP contribution in [0.1, 0.15) is 31.4 Å². The van der Waals surface area contributed by atoms with E-state index in [0.29, 0.717) is 12.5 Å². The summed E-state index contributed by atoms with van der Waals surface area (Å²) in [4.78, 5) is 18.6. The zero-order chi connectivity index (χ0) is 14.9. The van der Waals surface area contributed by atoms with Gasteiger partial charge in [0.05, 0.1) is 5.69 Å². The second kappa shape index (κ2) is 8.74. The molecule has 21 heavy (non-hydrogen) atoms. The summed E-state index contributed by atoms with van der Waals surface area (Å²) in [6.07, 6.45) is 5.43. The van der Waals surface area contributed by atoms with Gasteiger partial charge in [-0.3, -0.25) is 14.7 Å². The number of amides is 1. The van der Waals surface area contributed by atoms with E-state index in [1.165, 1.54) is 0 Å². The molecule has 0 aromatic carbocycles. The number of rotatable bonds is 7. The quantitative estimate of drug-likeness (QED) is 0.740. The Morgan fingerprint density at radius 1 is 1.38 bits per heavy atom. The van der Waals surface area contributed by atoms with Gasteiger partial charge in [0.2, 0.25) is 5.91 Å². The monoisotopic (exact) mass is 290 g/mol. The van der Waals surface area contributed by atoms with Crippen molar-refractivity contribution in [1.82, 2.24) is 20.5 Å². The van der Waals surface area contributed by atoms with Gasteiger partial charge in [-0.05, 0) is 45.0 Å². The minimum atomic E-state index is 0.188. The van der Waals surface area contributed by atoms with Gasteiger partial charge in [0.1, 0.15) is 0 Å². The van der Waals surface area contributed by atoms with E-state index in [-0.39, 0.29) is 5.91 Å². The summed E-state index contributed by atoms with van der Waals surface area (Å²) in [6, 6.07) is 6.38. The van der Waals surface area contributed by atoms with Crippen molar-refractivity contribution in [3.63, 3.8) is 0 Å². The lowest BCUT2D eigenvalue weighted by Gasteiger charge is -2.32. The van der Waals surface area contributed by atoms with E-state index in [2.05, 4.69) is 26.6 Å². The number of likely N-dealkylation sites (tertiary alicyclic amines) is 1. The molecule has 1 fully saturated rings. The van der Waals surface area contributed by atoms with Crippen LogP contribution in [0.4, 0.5) is 0 Å². The molecule has 5 nitrogen and oxygen atoms in total. The maximum Gasteiger partial charge on any atom is 0.220 e. The normalized spacial score (nSPS) is 16.8. The molecule has 0 bridgehead atoms. The zero-order valence-electron chi connectivity index (χ0n) is 12.8. The molecular weight excluding hydrogens is 264 g/mol. The smallest absolute Gasteiger partial charge is 0.220 e. The fraction of sp³-hybridized carbons (Fsp3) is 0.625. The Bertz CT molecular complexity index is 416. The van der Waals surface area contributed by atoms with Gasteiger partial charge in [-0.2, -0.15) is 0 Å². The Balaban J connectivity index is 1.65. The van der Waals surface area contributed by atoms with Gasteiger partial charge >= 0.3 is 0 Å². The Hall–Kier alpha value is -1.46. The third kappa shape index (κ3) is 5.81. The zero-order valence-corrected chi connectivity index (χ0v) is 12.8. The van der Waals surface area contributed by atoms with Crippen molar-refractivity contribution in [3.05, 3.63) is 30.1 Å². The molecule has 0 aliphatic carbocycles. The molecular formula is C16H26N4O. The average molecular weight is 290 g/mol. The first-order chi connectivity index (χ1) is 10.3. The van der Waals surface area contributed by atoms with Crippen molar-refractivity contribution in [1.29, 1.82) is 0 Å². The molecule has 116 valence electrons. The van der Waals surface area contributed by atoms with Gasteiger partial charge in [0, 0.05) is 38.3 Å². The molecule has 0 spiro atoms. The number of carbonyl (C=O) groups excluding carboxylic acids is 1. The highest BCUT2D eigenvalue weighted by Crippen LogP contribution is 2.13. The van der Waals surface area contributed by atoms with Crippen molar-refractivity contribution in [2.45, 2.75) is 38.3 Å². The molecule has 1 amide bonds. The second-order valence-electron chi connectivity index (χ2n) is 5.65. The molecule has 0 radical (unpaired) electrons. The lowest BCUT2D eigenvalue weighted by Crippen LogP contribution is -2.44. The number of hydrogen-bond donors (Lipinski definition) is 2. The van der Waals surface area contributed by atoms with Crippen molar-refractivity contribution in [2.24, 2.45) is 0 Å². The third-order valence-electron chi connectivity index (χ3n) is 3.90. The second-order valence-corrected chi connectivity index (χ2v) is 5.65.